The molecule has 1 aliphatic heterocycles. The Hall–Kier alpha value is -3.26. The molecule has 192 valence electrons. The van der Waals surface area contributed by atoms with Crippen molar-refractivity contribution in [3.05, 3.63) is 121 Å². The number of aromatic nitrogens is 1. The minimum atomic E-state index is -0.285. The molecule has 4 aromatic rings. The van der Waals surface area contributed by atoms with Gasteiger partial charge >= 0.3 is 0 Å². The maximum absolute atomic E-state index is 13.0. The Bertz CT molecular complexity index is 1530. The standard InChI is InChI=1S/C30H24BrClN2O3S/c1-19-15-23(16-28-29(35)33(30(36)38-28)17-21-5-9-25(32)10-6-21)20(2)34(19)26-11-13-27(14-12-26)37-18-22-3-7-24(31)8-4-22/h3-16H,17-18H2,1-2H3/b28-16+. The van der Waals surface area contributed by atoms with E-state index in [2.05, 4.69) is 20.5 Å². The summed E-state index contributed by atoms with van der Waals surface area (Å²) in [5.74, 6) is 0.501. The molecule has 0 saturated carbocycles. The second-order valence-electron chi connectivity index (χ2n) is 8.97. The molecule has 0 bridgehead atoms. The first-order valence-corrected chi connectivity index (χ1v) is 13.9. The minimum absolute atomic E-state index is 0.217. The number of aryl methyl sites for hydroxylation is 1. The van der Waals surface area contributed by atoms with E-state index in [1.165, 1.54) is 4.90 Å². The molecule has 3 aromatic carbocycles. The topological polar surface area (TPSA) is 51.5 Å². The van der Waals surface area contributed by atoms with Crippen LogP contribution in [0, 0.1) is 13.8 Å². The maximum Gasteiger partial charge on any atom is 0.293 e. The van der Waals surface area contributed by atoms with Crippen molar-refractivity contribution in [3.63, 3.8) is 0 Å². The number of ether oxygens (including phenoxy) is 1. The van der Waals surface area contributed by atoms with E-state index in [-0.39, 0.29) is 17.7 Å². The molecule has 0 N–H and O–H groups in total. The van der Waals surface area contributed by atoms with E-state index in [9.17, 15) is 9.59 Å². The third kappa shape index (κ3) is 5.75. The van der Waals surface area contributed by atoms with Gasteiger partial charge in [0.2, 0.25) is 0 Å². The Labute approximate surface area is 239 Å². The van der Waals surface area contributed by atoms with Crippen LogP contribution < -0.4 is 4.74 Å². The van der Waals surface area contributed by atoms with Gasteiger partial charge in [0.15, 0.2) is 0 Å². The van der Waals surface area contributed by atoms with Gasteiger partial charge in [-0.1, -0.05) is 51.8 Å². The molecular weight excluding hydrogens is 584 g/mol. The summed E-state index contributed by atoms with van der Waals surface area (Å²) in [4.78, 5) is 27.3. The van der Waals surface area contributed by atoms with E-state index in [4.69, 9.17) is 16.3 Å². The number of hydrogen-bond acceptors (Lipinski definition) is 4. The lowest BCUT2D eigenvalue weighted by Crippen LogP contribution is -2.27. The van der Waals surface area contributed by atoms with Crippen LogP contribution in [0.4, 0.5) is 4.79 Å². The molecule has 0 atom stereocenters. The summed E-state index contributed by atoms with van der Waals surface area (Å²) in [7, 11) is 0. The number of amides is 2. The van der Waals surface area contributed by atoms with Crippen LogP contribution in [0.25, 0.3) is 11.8 Å². The first-order valence-electron chi connectivity index (χ1n) is 11.9. The molecule has 0 spiro atoms. The number of thioether (sulfide) groups is 1. The maximum atomic E-state index is 13.0. The molecule has 5 nitrogen and oxygen atoms in total. The van der Waals surface area contributed by atoms with Gasteiger partial charge in [-0.3, -0.25) is 14.5 Å². The first kappa shape index (κ1) is 26.4. The molecule has 0 unspecified atom stereocenters. The fraction of sp³-hybridized carbons (Fsp3) is 0.133. The number of rotatable bonds is 7. The van der Waals surface area contributed by atoms with Crippen molar-refractivity contribution in [1.82, 2.24) is 9.47 Å². The lowest BCUT2D eigenvalue weighted by Gasteiger charge is -2.12. The third-order valence-electron chi connectivity index (χ3n) is 6.30. The zero-order valence-electron chi connectivity index (χ0n) is 20.8. The number of carbonyl (C=O) groups is 2. The molecule has 1 saturated heterocycles. The van der Waals surface area contributed by atoms with Crippen LogP contribution in [-0.4, -0.2) is 20.6 Å². The molecule has 1 aromatic heterocycles. The van der Waals surface area contributed by atoms with Gasteiger partial charge < -0.3 is 9.30 Å². The van der Waals surface area contributed by atoms with Gasteiger partial charge in [0.1, 0.15) is 12.4 Å². The van der Waals surface area contributed by atoms with Crippen molar-refractivity contribution < 1.29 is 14.3 Å². The monoisotopic (exact) mass is 606 g/mol. The molecule has 0 aliphatic carbocycles. The van der Waals surface area contributed by atoms with Gasteiger partial charge in [-0.15, -0.1) is 0 Å². The Kier molecular flexibility index (Phi) is 7.79. The zero-order valence-corrected chi connectivity index (χ0v) is 23.9. The Balaban J connectivity index is 1.31. The highest BCUT2D eigenvalue weighted by molar-refractivity contribution is 9.10. The second kappa shape index (κ2) is 11.2. The normalized spacial score (nSPS) is 14.5. The largest absolute Gasteiger partial charge is 0.489 e. The third-order valence-corrected chi connectivity index (χ3v) is 7.99. The highest BCUT2D eigenvalue weighted by atomic mass is 79.9. The SMILES string of the molecule is Cc1cc(/C=C2/SC(=O)N(Cc3ccc(Cl)cc3)C2=O)c(C)n1-c1ccc(OCc2ccc(Br)cc2)cc1. The summed E-state index contributed by atoms with van der Waals surface area (Å²) in [6.07, 6.45) is 1.81. The van der Waals surface area contributed by atoms with Crippen molar-refractivity contribution in [1.29, 1.82) is 0 Å². The van der Waals surface area contributed by atoms with Crippen molar-refractivity contribution in [3.8, 4) is 11.4 Å². The van der Waals surface area contributed by atoms with Gasteiger partial charge in [0.25, 0.3) is 11.1 Å². The van der Waals surface area contributed by atoms with Crippen molar-refractivity contribution in [2.24, 2.45) is 0 Å². The van der Waals surface area contributed by atoms with E-state index < -0.39 is 0 Å². The van der Waals surface area contributed by atoms with E-state index in [1.54, 1.807) is 18.2 Å². The fourth-order valence-corrected chi connectivity index (χ4v) is 5.54. The predicted molar refractivity (Wildman–Crippen MR) is 157 cm³/mol. The summed E-state index contributed by atoms with van der Waals surface area (Å²) in [5.41, 5.74) is 5.84. The van der Waals surface area contributed by atoms with E-state index >= 15 is 0 Å². The molecule has 38 heavy (non-hydrogen) atoms. The number of hydrogen-bond donors (Lipinski definition) is 0. The molecule has 1 fully saturated rings. The zero-order chi connectivity index (χ0) is 26.8. The van der Waals surface area contributed by atoms with E-state index in [1.807, 2.05) is 80.6 Å². The number of halogens is 2. The molecule has 5 rings (SSSR count). The smallest absolute Gasteiger partial charge is 0.293 e. The number of nitrogens with zero attached hydrogens (tertiary/aromatic N) is 2. The van der Waals surface area contributed by atoms with Crippen LogP contribution >= 0.6 is 39.3 Å². The molecule has 2 heterocycles. The highest BCUT2D eigenvalue weighted by Crippen LogP contribution is 2.35. The van der Waals surface area contributed by atoms with Crippen LogP contribution in [0.3, 0.4) is 0 Å². The van der Waals surface area contributed by atoms with Gasteiger partial charge in [-0.05, 0) is 103 Å². The lowest BCUT2D eigenvalue weighted by molar-refractivity contribution is -0.123. The molecule has 0 radical (unpaired) electrons. The first-order chi connectivity index (χ1) is 18.3. The van der Waals surface area contributed by atoms with Crippen molar-refractivity contribution >= 4 is 56.5 Å². The van der Waals surface area contributed by atoms with Gasteiger partial charge in [0, 0.05) is 26.6 Å². The quantitative estimate of drug-likeness (QED) is 0.198. The van der Waals surface area contributed by atoms with Crippen molar-refractivity contribution in [2.75, 3.05) is 0 Å². The highest BCUT2D eigenvalue weighted by Gasteiger charge is 2.35. The molecular formula is C30H24BrClN2O3S. The predicted octanol–water partition coefficient (Wildman–Crippen LogP) is 8.33. The average molecular weight is 608 g/mol. The van der Waals surface area contributed by atoms with Crippen LogP contribution in [0.1, 0.15) is 28.1 Å². The number of carbonyl (C=O) groups excluding carboxylic acids is 2. The number of imide groups is 1. The van der Waals surface area contributed by atoms with Crippen LogP contribution in [0.5, 0.6) is 5.75 Å². The molecule has 1 aliphatic rings. The molecule has 2 amide bonds. The van der Waals surface area contributed by atoms with Crippen molar-refractivity contribution in [2.45, 2.75) is 27.0 Å². The van der Waals surface area contributed by atoms with Crippen LogP contribution in [-0.2, 0) is 17.9 Å². The second-order valence-corrected chi connectivity index (χ2v) is 11.3. The summed E-state index contributed by atoms with van der Waals surface area (Å²) in [6.45, 7) is 4.74. The summed E-state index contributed by atoms with van der Waals surface area (Å²) >= 11 is 10.4. The fourth-order valence-electron chi connectivity index (χ4n) is 4.32. The molecule has 8 heteroatoms. The van der Waals surface area contributed by atoms with Gasteiger partial charge in [-0.25, -0.2) is 0 Å². The lowest BCUT2D eigenvalue weighted by atomic mass is 10.2. The summed E-state index contributed by atoms with van der Waals surface area (Å²) < 4.78 is 9.11. The van der Waals surface area contributed by atoms with E-state index in [0.717, 1.165) is 55.7 Å². The van der Waals surface area contributed by atoms with Crippen LogP contribution in [0.2, 0.25) is 5.02 Å². The van der Waals surface area contributed by atoms with E-state index in [0.29, 0.717) is 16.5 Å². The van der Waals surface area contributed by atoms with Gasteiger partial charge in [0.05, 0.1) is 11.4 Å². The average Bonchev–Trinajstić information content (AvgIpc) is 3.34. The summed E-state index contributed by atoms with van der Waals surface area (Å²) in [5, 5.41) is 0.338. The summed E-state index contributed by atoms with van der Waals surface area (Å²) in [6, 6.07) is 25.2. The van der Waals surface area contributed by atoms with Gasteiger partial charge in [-0.2, -0.15) is 0 Å². The Morgan fingerprint density at radius 2 is 1.58 bits per heavy atom. The Morgan fingerprint density at radius 3 is 2.26 bits per heavy atom. The van der Waals surface area contributed by atoms with Crippen LogP contribution in [0.15, 0.2) is 88.2 Å². The number of benzene rings is 3. The Morgan fingerprint density at radius 1 is 0.921 bits per heavy atom. The minimum Gasteiger partial charge on any atom is -0.489 e.